The van der Waals surface area contributed by atoms with Crippen molar-refractivity contribution < 1.29 is 26.3 Å². The summed E-state index contributed by atoms with van der Waals surface area (Å²) < 4.78 is 82.0. The Labute approximate surface area is 121 Å². The summed E-state index contributed by atoms with van der Waals surface area (Å²) in [5.74, 6) is -9.74. The fraction of sp³-hybridized carbons (Fsp3) is 0. The number of benzene rings is 2. The molecule has 7 heteroatoms. The van der Waals surface area contributed by atoms with E-state index in [-0.39, 0.29) is 11.0 Å². The van der Waals surface area contributed by atoms with Crippen LogP contribution in [-0.4, -0.2) is 6.91 Å². The first-order valence-corrected chi connectivity index (χ1v) is 6.12. The molecule has 0 N–H and O–H groups in total. The Bertz CT molecular complexity index is 892. The summed E-state index contributed by atoms with van der Waals surface area (Å²) in [4.78, 5) is 0. The van der Waals surface area contributed by atoms with Crippen LogP contribution in [0.1, 0.15) is 0 Å². The van der Waals surface area contributed by atoms with Crippen LogP contribution >= 0.6 is 0 Å². The molecule has 0 bridgehead atoms. The Balaban J connectivity index is 2.58. The molecule has 0 aliphatic rings. The molecule has 0 amide bonds. The number of rotatable bonds is 1. The summed E-state index contributed by atoms with van der Waals surface area (Å²) >= 11 is 0. The Morgan fingerprint density at radius 3 is 1.91 bits per heavy atom. The van der Waals surface area contributed by atoms with Crippen LogP contribution in [0.3, 0.4) is 0 Å². The predicted octanol–water partition coefficient (Wildman–Crippen LogP) is 4.68. The van der Waals surface area contributed by atoms with Gasteiger partial charge in [-0.3, -0.25) is 0 Å². The van der Waals surface area contributed by atoms with Crippen LogP contribution in [0.4, 0.5) is 26.3 Å². The third-order valence-electron chi connectivity index (χ3n) is 3.32. The van der Waals surface area contributed by atoms with Crippen molar-refractivity contribution in [1.29, 1.82) is 0 Å². The molecule has 0 fully saturated rings. The zero-order valence-corrected chi connectivity index (χ0v) is 10.7. The van der Waals surface area contributed by atoms with Crippen LogP contribution in [0, 0.1) is 34.9 Å². The van der Waals surface area contributed by atoms with Gasteiger partial charge in [-0.05, 0) is 0 Å². The molecule has 1 heterocycles. The Hall–Kier alpha value is -2.31. The van der Waals surface area contributed by atoms with Gasteiger partial charge in [0, 0.05) is 0 Å². The number of hydrogen-bond acceptors (Lipinski definition) is 0. The Morgan fingerprint density at radius 1 is 0.682 bits per heavy atom. The maximum absolute atomic E-state index is 14.0. The molecule has 0 saturated heterocycles. The number of hydrogen-bond donors (Lipinski definition) is 0. The fourth-order valence-electron chi connectivity index (χ4n) is 2.32. The van der Waals surface area contributed by atoms with Crippen LogP contribution in [-0.2, 0) is 0 Å². The van der Waals surface area contributed by atoms with Gasteiger partial charge in [0.05, 0.1) is 0 Å². The van der Waals surface area contributed by atoms with Gasteiger partial charge < -0.3 is 0 Å². The number of fused-ring (bicyclic) bond motifs is 1. The van der Waals surface area contributed by atoms with E-state index in [0.717, 1.165) is 0 Å². The maximum atomic E-state index is 14.0. The van der Waals surface area contributed by atoms with Crippen LogP contribution in [0.2, 0.25) is 0 Å². The zero-order valence-electron chi connectivity index (χ0n) is 10.7. The second-order valence-corrected chi connectivity index (χ2v) is 4.59. The van der Waals surface area contributed by atoms with E-state index in [4.69, 9.17) is 0 Å². The molecule has 3 rings (SSSR count). The van der Waals surface area contributed by atoms with Gasteiger partial charge in [0.2, 0.25) is 0 Å². The topological polar surface area (TPSA) is 0 Å². The molecule has 0 atom stereocenters. The van der Waals surface area contributed by atoms with Gasteiger partial charge in [-0.1, -0.05) is 0 Å². The van der Waals surface area contributed by atoms with Crippen LogP contribution < -0.4 is 0 Å². The van der Waals surface area contributed by atoms with Crippen molar-refractivity contribution in [3.05, 3.63) is 65.1 Å². The van der Waals surface area contributed by atoms with Gasteiger partial charge in [-0.15, -0.1) is 0 Å². The first-order chi connectivity index (χ1) is 10.4. The van der Waals surface area contributed by atoms with E-state index in [1.165, 1.54) is 25.0 Å². The molecule has 0 radical (unpaired) electrons. The Kier molecular flexibility index (Phi) is 3.43. The second-order valence-electron chi connectivity index (χ2n) is 4.59. The summed E-state index contributed by atoms with van der Waals surface area (Å²) in [5, 5.41) is -2.10. The molecule has 2 aromatic carbocycles. The minimum atomic E-state index is -2.19. The molecule has 0 nitrogen and oxygen atoms in total. The molecule has 3 aromatic rings. The average molecular weight is 310 g/mol. The third kappa shape index (κ3) is 2.00. The molecule has 0 aliphatic heterocycles. The van der Waals surface area contributed by atoms with Crippen molar-refractivity contribution in [2.75, 3.05) is 0 Å². The minimum absolute atomic E-state index is 0.204. The van der Waals surface area contributed by atoms with Gasteiger partial charge in [0.15, 0.2) is 0 Å². The Morgan fingerprint density at radius 2 is 1.32 bits per heavy atom. The van der Waals surface area contributed by atoms with E-state index < -0.39 is 45.7 Å². The first kappa shape index (κ1) is 14.6. The second kappa shape index (κ2) is 5.16. The summed E-state index contributed by atoms with van der Waals surface area (Å²) in [6.45, 7) is 1.42. The van der Waals surface area contributed by atoms with Crippen molar-refractivity contribution in [3.63, 3.8) is 0 Å². The van der Waals surface area contributed by atoms with Gasteiger partial charge in [0.25, 0.3) is 0 Å². The van der Waals surface area contributed by atoms with Crippen LogP contribution in [0.15, 0.2) is 30.2 Å². The van der Waals surface area contributed by atoms with Gasteiger partial charge in [-0.2, -0.15) is 0 Å². The van der Waals surface area contributed by atoms with E-state index in [1.54, 1.807) is 6.07 Å². The summed E-state index contributed by atoms with van der Waals surface area (Å²) in [5.41, 5.74) is -0.0690. The zero-order chi connectivity index (χ0) is 16.0. The molecule has 0 unspecified atom stereocenters. The fourth-order valence-corrected chi connectivity index (χ4v) is 2.32. The van der Waals surface area contributed by atoms with E-state index >= 15 is 0 Å². The van der Waals surface area contributed by atoms with Gasteiger partial charge in [-0.25, -0.2) is 0 Å². The van der Waals surface area contributed by atoms with Crippen LogP contribution in [0.5, 0.6) is 0 Å². The molecule has 0 spiro atoms. The predicted molar refractivity (Wildman–Crippen MR) is 70.5 cm³/mol. The van der Waals surface area contributed by atoms with E-state index in [2.05, 4.69) is 0 Å². The molecule has 22 heavy (non-hydrogen) atoms. The van der Waals surface area contributed by atoms with Crippen molar-refractivity contribution in [1.82, 2.24) is 0 Å². The number of halogens is 6. The first-order valence-electron chi connectivity index (χ1n) is 6.12. The summed E-state index contributed by atoms with van der Waals surface area (Å²) in [6.07, 6.45) is 0. The van der Waals surface area contributed by atoms with Gasteiger partial charge >= 0.3 is 120 Å². The SMILES string of the molecule is Fc1cc(-c2bcccc2)c2c(F)c(F)c(F)c(F)c2c1F. The average Bonchev–Trinajstić information content (AvgIpc) is 2.53. The van der Waals surface area contributed by atoms with Crippen molar-refractivity contribution in [2.24, 2.45) is 0 Å². The van der Waals surface area contributed by atoms with Crippen LogP contribution in [0.25, 0.3) is 21.8 Å². The normalized spacial score (nSPS) is 11.0. The standard InChI is InChI=1S/C15H5BF6/c17-8-5-6(7-3-1-2-4-16-7)9-10(11(8)18)13(20)15(22)14(21)12(9)19/h1-5H. The molecular formula is C15H5BF6. The van der Waals surface area contributed by atoms with Crippen molar-refractivity contribution in [3.8, 4) is 11.0 Å². The van der Waals surface area contributed by atoms with E-state index in [1.807, 2.05) is 0 Å². The molecule has 1 aromatic heterocycles. The quantitative estimate of drug-likeness (QED) is 0.348. The molecular weight excluding hydrogens is 305 g/mol. The molecule has 0 saturated carbocycles. The summed E-state index contributed by atoms with van der Waals surface area (Å²) in [6, 6.07) is 5.18. The summed E-state index contributed by atoms with van der Waals surface area (Å²) in [7, 11) is 0. The molecule has 0 aliphatic carbocycles. The van der Waals surface area contributed by atoms with Crippen molar-refractivity contribution in [2.45, 2.75) is 0 Å². The monoisotopic (exact) mass is 310 g/mol. The van der Waals surface area contributed by atoms with E-state index in [0.29, 0.717) is 6.07 Å². The molecule has 110 valence electrons. The van der Waals surface area contributed by atoms with Crippen molar-refractivity contribution >= 4 is 17.7 Å². The third-order valence-corrected chi connectivity index (χ3v) is 3.32. The van der Waals surface area contributed by atoms with Gasteiger partial charge in [0.1, 0.15) is 0 Å². The van der Waals surface area contributed by atoms with E-state index in [9.17, 15) is 26.3 Å².